The molecule has 1 spiro atoms. The predicted molar refractivity (Wildman–Crippen MR) is 104 cm³/mol. The number of rotatable bonds is 4. The van der Waals surface area contributed by atoms with Crippen LogP contribution >= 0.6 is 0 Å². The summed E-state index contributed by atoms with van der Waals surface area (Å²) in [6.45, 7) is 11.8. The van der Waals surface area contributed by atoms with Gasteiger partial charge in [-0.25, -0.2) is 0 Å². The van der Waals surface area contributed by atoms with Gasteiger partial charge in [0.1, 0.15) is 5.75 Å². The number of likely N-dealkylation sites (tertiary alicyclic amines) is 1. The van der Waals surface area contributed by atoms with Crippen molar-refractivity contribution in [2.75, 3.05) is 59.6 Å². The van der Waals surface area contributed by atoms with E-state index in [4.69, 9.17) is 9.47 Å². The maximum Gasteiger partial charge on any atom is 0.254 e. The first-order valence-electron chi connectivity index (χ1n) is 10.0. The number of nitrogens with zero attached hydrogens (tertiary/aromatic N) is 3. The Morgan fingerprint density at radius 3 is 2.89 bits per heavy atom. The summed E-state index contributed by atoms with van der Waals surface area (Å²) in [5.41, 5.74) is 0.781. The normalized spacial score (nSPS) is 25.3. The molecule has 1 atom stereocenters. The van der Waals surface area contributed by atoms with Crippen LogP contribution in [0.4, 0.5) is 0 Å². The molecule has 0 aromatic heterocycles. The minimum atomic E-state index is 0.0795. The number of methoxy groups -OCH3 is 1. The lowest BCUT2D eigenvalue weighted by Crippen LogP contribution is -2.81. The maximum absolute atomic E-state index is 13.2. The third-order valence-corrected chi connectivity index (χ3v) is 6.02. The van der Waals surface area contributed by atoms with Crippen molar-refractivity contribution in [1.29, 1.82) is 0 Å². The van der Waals surface area contributed by atoms with E-state index in [0.29, 0.717) is 24.1 Å². The number of fused-ring (bicyclic) bond motifs is 2. The molecule has 0 bridgehead atoms. The second kappa shape index (κ2) is 7.41. The van der Waals surface area contributed by atoms with Crippen LogP contribution in [-0.4, -0.2) is 91.8 Å². The molecule has 0 aliphatic carbocycles. The Labute approximate surface area is 162 Å². The highest BCUT2D eigenvalue weighted by Crippen LogP contribution is 2.36. The largest absolute Gasteiger partial charge is 0.497 e. The van der Waals surface area contributed by atoms with E-state index in [0.717, 1.165) is 51.6 Å². The third kappa shape index (κ3) is 3.58. The smallest absolute Gasteiger partial charge is 0.254 e. The van der Waals surface area contributed by atoms with Crippen LogP contribution in [0.25, 0.3) is 0 Å². The highest BCUT2D eigenvalue weighted by atomic mass is 16.5. The van der Waals surface area contributed by atoms with Gasteiger partial charge >= 0.3 is 0 Å². The van der Waals surface area contributed by atoms with E-state index in [9.17, 15) is 4.79 Å². The van der Waals surface area contributed by atoms with Gasteiger partial charge in [0.05, 0.1) is 31.9 Å². The lowest BCUT2D eigenvalue weighted by atomic mass is 9.82. The Morgan fingerprint density at radius 2 is 2.15 bits per heavy atom. The van der Waals surface area contributed by atoms with Crippen LogP contribution in [0.5, 0.6) is 5.75 Å². The molecule has 1 aromatic carbocycles. The molecule has 3 aliphatic rings. The summed E-state index contributed by atoms with van der Waals surface area (Å²) in [6.07, 6.45) is 0. The van der Waals surface area contributed by atoms with E-state index in [-0.39, 0.29) is 11.4 Å². The van der Waals surface area contributed by atoms with Crippen LogP contribution in [0.15, 0.2) is 24.3 Å². The van der Waals surface area contributed by atoms with Crippen molar-refractivity contribution in [2.24, 2.45) is 5.92 Å². The lowest BCUT2D eigenvalue weighted by Gasteiger charge is -2.63. The van der Waals surface area contributed by atoms with Gasteiger partial charge in [0.25, 0.3) is 5.91 Å². The van der Waals surface area contributed by atoms with Crippen LogP contribution in [0.2, 0.25) is 0 Å². The minimum Gasteiger partial charge on any atom is -0.497 e. The van der Waals surface area contributed by atoms with Crippen molar-refractivity contribution in [3.8, 4) is 5.75 Å². The van der Waals surface area contributed by atoms with Crippen molar-refractivity contribution in [3.63, 3.8) is 0 Å². The second-order valence-corrected chi connectivity index (χ2v) is 8.63. The molecule has 3 fully saturated rings. The number of amides is 1. The first-order chi connectivity index (χ1) is 13.0. The summed E-state index contributed by atoms with van der Waals surface area (Å²) >= 11 is 0. The molecule has 1 aromatic rings. The number of carbonyl (C=O) groups excluding carboxylic acids is 1. The Hall–Kier alpha value is -1.63. The molecule has 1 amide bonds. The summed E-state index contributed by atoms with van der Waals surface area (Å²) in [4.78, 5) is 20.4. The Morgan fingerprint density at radius 1 is 1.33 bits per heavy atom. The van der Waals surface area contributed by atoms with E-state index in [2.05, 4.69) is 23.6 Å². The van der Waals surface area contributed by atoms with Gasteiger partial charge in [-0.2, -0.15) is 0 Å². The van der Waals surface area contributed by atoms with Crippen LogP contribution in [-0.2, 0) is 4.74 Å². The van der Waals surface area contributed by atoms with Gasteiger partial charge < -0.3 is 14.4 Å². The SMILES string of the molecule is COc1cccc(C(=O)N2CC3COCCN3C3(CN(CC(C)C)C3)C2)c1. The summed E-state index contributed by atoms with van der Waals surface area (Å²) in [5.74, 6) is 1.49. The molecule has 0 saturated carbocycles. The van der Waals surface area contributed by atoms with Crippen LogP contribution in [0.3, 0.4) is 0 Å². The van der Waals surface area contributed by atoms with E-state index in [1.54, 1.807) is 7.11 Å². The summed E-state index contributed by atoms with van der Waals surface area (Å²) in [5, 5.41) is 0. The molecule has 3 heterocycles. The fourth-order valence-electron chi connectivity index (χ4n) is 5.00. The van der Waals surface area contributed by atoms with Crippen molar-refractivity contribution < 1.29 is 14.3 Å². The summed E-state index contributed by atoms with van der Waals surface area (Å²) < 4.78 is 11.0. The summed E-state index contributed by atoms with van der Waals surface area (Å²) in [7, 11) is 1.63. The molecule has 3 saturated heterocycles. The molecule has 4 rings (SSSR count). The first kappa shape index (κ1) is 18.7. The molecule has 1 unspecified atom stereocenters. The zero-order chi connectivity index (χ0) is 19.0. The Bertz CT molecular complexity index is 687. The highest BCUT2D eigenvalue weighted by molar-refractivity contribution is 5.94. The number of hydrogen-bond acceptors (Lipinski definition) is 5. The van der Waals surface area contributed by atoms with Gasteiger partial charge in [-0.1, -0.05) is 19.9 Å². The van der Waals surface area contributed by atoms with Crippen LogP contribution in [0, 0.1) is 5.92 Å². The van der Waals surface area contributed by atoms with E-state index < -0.39 is 0 Å². The number of piperazine rings is 1. The average Bonchev–Trinajstić information content (AvgIpc) is 2.65. The predicted octanol–water partition coefficient (Wildman–Crippen LogP) is 1.56. The van der Waals surface area contributed by atoms with Gasteiger partial charge in [-0.3, -0.25) is 14.6 Å². The highest BCUT2D eigenvalue weighted by Gasteiger charge is 2.54. The number of hydrogen-bond donors (Lipinski definition) is 0. The fourth-order valence-corrected chi connectivity index (χ4v) is 5.00. The molecule has 0 radical (unpaired) electrons. The molecule has 6 heteroatoms. The van der Waals surface area contributed by atoms with Gasteiger partial charge in [-0.15, -0.1) is 0 Å². The standard InChI is InChI=1S/C21H31N3O3/c1-16(2)10-22-13-21(14-22)15-23(11-18-12-27-8-7-24(18)21)20(25)17-5-4-6-19(9-17)26-3/h4-6,9,16,18H,7-8,10-15H2,1-3H3. The molecular formula is C21H31N3O3. The third-order valence-electron chi connectivity index (χ3n) is 6.02. The first-order valence-corrected chi connectivity index (χ1v) is 10.0. The van der Waals surface area contributed by atoms with Gasteiger partial charge in [-0.05, 0) is 24.1 Å². The average molecular weight is 373 g/mol. The van der Waals surface area contributed by atoms with Gasteiger partial charge in [0, 0.05) is 44.8 Å². The number of benzene rings is 1. The Balaban J connectivity index is 1.53. The maximum atomic E-state index is 13.2. The van der Waals surface area contributed by atoms with Crippen molar-refractivity contribution >= 4 is 5.91 Å². The van der Waals surface area contributed by atoms with E-state index >= 15 is 0 Å². The number of carbonyl (C=O) groups is 1. The quantitative estimate of drug-likeness (QED) is 0.802. The van der Waals surface area contributed by atoms with Crippen LogP contribution in [0.1, 0.15) is 24.2 Å². The summed E-state index contributed by atoms with van der Waals surface area (Å²) in [6, 6.07) is 7.77. The second-order valence-electron chi connectivity index (χ2n) is 8.63. The van der Waals surface area contributed by atoms with E-state index in [1.165, 1.54) is 0 Å². The van der Waals surface area contributed by atoms with Crippen molar-refractivity contribution in [3.05, 3.63) is 29.8 Å². The fraction of sp³-hybridized carbons (Fsp3) is 0.667. The van der Waals surface area contributed by atoms with Crippen molar-refractivity contribution in [2.45, 2.75) is 25.4 Å². The monoisotopic (exact) mass is 373 g/mol. The zero-order valence-corrected chi connectivity index (χ0v) is 16.7. The number of ether oxygens (including phenoxy) is 2. The molecule has 6 nitrogen and oxygen atoms in total. The molecular weight excluding hydrogens is 342 g/mol. The molecule has 0 N–H and O–H groups in total. The Kier molecular flexibility index (Phi) is 5.14. The van der Waals surface area contributed by atoms with Crippen LogP contribution < -0.4 is 4.74 Å². The zero-order valence-electron chi connectivity index (χ0n) is 16.7. The molecule has 27 heavy (non-hydrogen) atoms. The lowest BCUT2D eigenvalue weighted by molar-refractivity contribution is -0.159. The van der Waals surface area contributed by atoms with Crippen molar-refractivity contribution in [1.82, 2.24) is 14.7 Å². The minimum absolute atomic E-state index is 0.0795. The molecule has 148 valence electrons. The van der Waals surface area contributed by atoms with Gasteiger partial charge in [0.2, 0.25) is 0 Å². The molecule has 3 aliphatic heterocycles. The van der Waals surface area contributed by atoms with Gasteiger partial charge in [0.15, 0.2) is 0 Å². The van der Waals surface area contributed by atoms with E-state index in [1.807, 2.05) is 29.2 Å². The topological polar surface area (TPSA) is 45.2 Å². The number of morpholine rings is 1.